The van der Waals surface area contributed by atoms with Crippen LogP contribution in [0, 0.1) is 0 Å². The number of nitrogens with zero attached hydrogens (tertiary/aromatic N) is 1. The summed E-state index contributed by atoms with van der Waals surface area (Å²) in [5.41, 5.74) is 0.905. The number of nitrogens with one attached hydrogen (secondary N) is 2. The summed E-state index contributed by atoms with van der Waals surface area (Å²) in [6.07, 6.45) is 0.779. The molecule has 6 nitrogen and oxygen atoms in total. The molecule has 0 radical (unpaired) electrons. The number of ether oxygens (including phenoxy) is 1. The molecular formula is C18H27N3O3. The Morgan fingerprint density at radius 2 is 1.88 bits per heavy atom. The van der Waals surface area contributed by atoms with E-state index >= 15 is 0 Å². The van der Waals surface area contributed by atoms with Crippen molar-refractivity contribution in [3.05, 3.63) is 29.8 Å². The summed E-state index contributed by atoms with van der Waals surface area (Å²) in [6.45, 7) is 6.62. The van der Waals surface area contributed by atoms with Crippen molar-refractivity contribution in [1.29, 1.82) is 0 Å². The highest BCUT2D eigenvalue weighted by molar-refractivity contribution is 5.81. The van der Waals surface area contributed by atoms with Gasteiger partial charge in [0, 0.05) is 12.0 Å². The molecular weight excluding hydrogens is 306 g/mol. The fraction of sp³-hybridized carbons (Fsp3) is 0.556. The Hall–Kier alpha value is -2.08. The third-order valence-electron chi connectivity index (χ3n) is 3.58. The number of benzene rings is 1. The molecule has 0 saturated heterocycles. The lowest BCUT2D eigenvalue weighted by atomic mass is 10.1. The lowest BCUT2D eigenvalue weighted by Crippen LogP contribution is -2.47. The summed E-state index contributed by atoms with van der Waals surface area (Å²) in [5, 5.41) is 5.75. The number of likely N-dealkylation sites (N-methyl/N-ethyl adjacent to an activating group) is 1. The van der Waals surface area contributed by atoms with Gasteiger partial charge >= 0.3 is 0 Å². The van der Waals surface area contributed by atoms with Gasteiger partial charge in [0.25, 0.3) is 0 Å². The van der Waals surface area contributed by atoms with E-state index in [1.807, 2.05) is 45.0 Å². The maximum atomic E-state index is 12.0. The highest BCUT2D eigenvalue weighted by Gasteiger charge is 2.23. The van der Waals surface area contributed by atoms with Crippen LogP contribution in [0.25, 0.3) is 0 Å². The molecule has 24 heavy (non-hydrogen) atoms. The number of hydrogen-bond acceptors (Lipinski definition) is 4. The average molecular weight is 333 g/mol. The fourth-order valence-corrected chi connectivity index (χ4v) is 2.66. The molecule has 2 amide bonds. The molecule has 0 spiro atoms. The summed E-state index contributed by atoms with van der Waals surface area (Å²) in [5.74, 6) is 0.695. The van der Waals surface area contributed by atoms with Crippen molar-refractivity contribution in [2.24, 2.45) is 0 Å². The van der Waals surface area contributed by atoms with E-state index in [9.17, 15) is 9.59 Å². The highest BCUT2D eigenvalue weighted by Crippen LogP contribution is 2.27. The van der Waals surface area contributed by atoms with Gasteiger partial charge in [-0.3, -0.25) is 14.5 Å². The van der Waals surface area contributed by atoms with Gasteiger partial charge in [-0.15, -0.1) is 0 Å². The maximum absolute atomic E-state index is 12.0. The Kier molecular flexibility index (Phi) is 5.83. The number of amides is 2. The molecule has 1 unspecified atom stereocenters. The highest BCUT2D eigenvalue weighted by atomic mass is 16.5. The first-order chi connectivity index (χ1) is 11.2. The summed E-state index contributed by atoms with van der Waals surface area (Å²) in [6, 6.07) is 7.91. The number of hydrogen-bond donors (Lipinski definition) is 2. The Morgan fingerprint density at radius 3 is 2.54 bits per heavy atom. The van der Waals surface area contributed by atoms with Crippen LogP contribution >= 0.6 is 0 Å². The van der Waals surface area contributed by atoms with E-state index in [0.29, 0.717) is 6.54 Å². The normalized spacial score (nSPS) is 16.5. The van der Waals surface area contributed by atoms with Crippen LogP contribution in [0.3, 0.4) is 0 Å². The molecule has 0 saturated carbocycles. The molecule has 0 fully saturated rings. The van der Waals surface area contributed by atoms with Crippen LogP contribution in [-0.4, -0.2) is 55.0 Å². The van der Waals surface area contributed by atoms with Gasteiger partial charge in [-0.25, -0.2) is 0 Å². The number of fused-ring (bicyclic) bond motifs is 1. The summed E-state index contributed by atoms with van der Waals surface area (Å²) < 4.78 is 5.79. The monoisotopic (exact) mass is 333 g/mol. The number of para-hydroxylation sites is 1. The minimum atomic E-state index is -0.269. The third-order valence-corrected chi connectivity index (χ3v) is 3.58. The summed E-state index contributed by atoms with van der Waals surface area (Å²) >= 11 is 0. The van der Waals surface area contributed by atoms with Crippen LogP contribution in [0.4, 0.5) is 0 Å². The molecule has 1 heterocycles. The Balaban J connectivity index is 1.68. The van der Waals surface area contributed by atoms with Crippen molar-refractivity contribution in [1.82, 2.24) is 15.5 Å². The first-order valence-corrected chi connectivity index (χ1v) is 8.24. The van der Waals surface area contributed by atoms with Gasteiger partial charge < -0.3 is 15.4 Å². The molecule has 0 aliphatic carbocycles. The molecule has 1 aromatic rings. The van der Waals surface area contributed by atoms with E-state index in [1.165, 1.54) is 5.56 Å². The smallest absolute Gasteiger partial charge is 0.234 e. The maximum Gasteiger partial charge on any atom is 0.234 e. The molecule has 6 heteroatoms. The molecule has 0 aromatic heterocycles. The minimum Gasteiger partial charge on any atom is -0.488 e. The minimum absolute atomic E-state index is 0.0270. The van der Waals surface area contributed by atoms with Crippen molar-refractivity contribution in [3.8, 4) is 5.75 Å². The largest absolute Gasteiger partial charge is 0.488 e. The van der Waals surface area contributed by atoms with E-state index < -0.39 is 0 Å². The first kappa shape index (κ1) is 18.3. The van der Waals surface area contributed by atoms with Crippen molar-refractivity contribution >= 4 is 11.8 Å². The first-order valence-electron chi connectivity index (χ1n) is 8.24. The molecule has 2 N–H and O–H groups in total. The number of rotatable bonds is 6. The van der Waals surface area contributed by atoms with Crippen molar-refractivity contribution in [3.63, 3.8) is 0 Å². The van der Waals surface area contributed by atoms with Gasteiger partial charge in [0.05, 0.1) is 19.6 Å². The molecule has 1 aliphatic rings. The standard InChI is InChI=1S/C18H27N3O3/c1-18(2,3)20-17(23)12-21(4)11-16(22)19-10-14-9-13-7-5-6-8-15(13)24-14/h5-8,14H,9-12H2,1-4H3,(H,19,22)(H,20,23). The lowest BCUT2D eigenvalue weighted by molar-refractivity contribution is -0.125. The van der Waals surface area contributed by atoms with Crippen LogP contribution in [0.15, 0.2) is 24.3 Å². The molecule has 2 rings (SSSR count). The topological polar surface area (TPSA) is 70.7 Å². The zero-order chi connectivity index (χ0) is 17.7. The SMILES string of the molecule is CN(CC(=O)NCC1Cc2ccccc2O1)CC(=O)NC(C)(C)C. The Labute approximate surface area is 143 Å². The van der Waals surface area contributed by atoms with Crippen LogP contribution in [0.2, 0.25) is 0 Å². The van der Waals surface area contributed by atoms with E-state index in [1.54, 1.807) is 11.9 Å². The quantitative estimate of drug-likeness (QED) is 0.813. The average Bonchev–Trinajstić information content (AvgIpc) is 2.85. The van der Waals surface area contributed by atoms with Crippen LogP contribution in [0.1, 0.15) is 26.3 Å². The van der Waals surface area contributed by atoms with E-state index in [2.05, 4.69) is 10.6 Å². The van der Waals surface area contributed by atoms with Gasteiger partial charge in [0.1, 0.15) is 11.9 Å². The van der Waals surface area contributed by atoms with Crippen molar-refractivity contribution < 1.29 is 14.3 Å². The van der Waals surface area contributed by atoms with Crippen molar-refractivity contribution in [2.75, 3.05) is 26.7 Å². The zero-order valence-electron chi connectivity index (χ0n) is 14.9. The molecule has 1 aromatic carbocycles. The number of carbonyl (C=O) groups is 2. The van der Waals surface area contributed by atoms with E-state index in [4.69, 9.17) is 4.74 Å². The van der Waals surface area contributed by atoms with Crippen LogP contribution < -0.4 is 15.4 Å². The fourth-order valence-electron chi connectivity index (χ4n) is 2.66. The van der Waals surface area contributed by atoms with Crippen molar-refractivity contribution in [2.45, 2.75) is 38.8 Å². The Bertz CT molecular complexity index is 570. The van der Waals surface area contributed by atoms with Gasteiger partial charge in [-0.05, 0) is 39.4 Å². The van der Waals surface area contributed by atoms with E-state index in [-0.39, 0.29) is 36.5 Å². The molecule has 1 aliphatic heterocycles. The predicted octanol–water partition coefficient (Wildman–Crippen LogP) is 0.953. The van der Waals surface area contributed by atoms with Crippen LogP contribution in [-0.2, 0) is 16.0 Å². The van der Waals surface area contributed by atoms with Crippen LogP contribution in [0.5, 0.6) is 5.75 Å². The molecule has 0 bridgehead atoms. The second-order valence-corrected chi connectivity index (χ2v) is 7.33. The Morgan fingerprint density at radius 1 is 1.21 bits per heavy atom. The molecule has 132 valence electrons. The van der Waals surface area contributed by atoms with Gasteiger partial charge in [-0.1, -0.05) is 18.2 Å². The lowest BCUT2D eigenvalue weighted by Gasteiger charge is -2.23. The summed E-state index contributed by atoms with van der Waals surface area (Å²) in [4.78, 5) is 25.5. The third kappa shape index (κ3) is 5.85. The molecule has 1 atom stereocenters. The predicted molar refractivity (Wildman–Crippen MR) is 93.0 cm³/mol. The van der Waals surface area contributed by atoms with Gasteiger partial charge in [-0.2, -0.15) is 0 Å². The number of carbonyl (C=O) groups excluding carboxylic acids is 2. The van der Waals surface area contributed by atoms with Gasteiger partial charge in [0.15, 0.2) is 0 Å². The zero-order valence-corrected chi connectivity index (χ0v) is 14.9. The summed E-state index contributed by atoms with van der Waals surface area (Å²) in [7, 11) is 1.75. The van der Waals surface area contributed by atoms with E-state index in [0.717, 1.165) is 12.2 Å². The van der Waals surface area contributed by atoms with Gasteiger partial charge in [0.2, 0.25) is 11.8 Å². The second-order valence-electron chi connectivity index (χ2n) is 7.33. The second kappa shape index (κ2) is 7.66.